The lowest BCUT2D eigenvalue weighted by atomic mass is 10.2. The number of rotatable bonds is 3. The number of nitrogens with one attached hydrogen (secondary N) is 1. The summed E-state index contributed by atoms with van der Waals surface area (Å²) in [5.74, 6) is 1.87. The fraction of sp³-hybridized carbons (Fsp3) is 0.231. The highest BCUT2D eigenvalue weighted by molar-refractivity contribution is 6.30. The van der Waals surface area contributed by atoms with Gasteiger partial charge >= 0.3 is 0 Å². The molecule has 16 heavy (non-hydrogen) atoms. The van der Waals surface area contributed by atoms with Crippen molar-refractivity contribution in [3.8, 4) is 0 Å². The zero-order valence-electron chi connectivity index (χ0n) is 9.33. The lowest BCUT2D eigenvalue weighted by molar-refractivity contribution is 0.467. The van der Waals surface area contributed by atoms with Gasteiger partial charge in [0.25, 0.3) is 0 Å². The minimum Gasteiger partial charge on any atom is -0.464 e. The van der Waals surface area contributed by atoms with Crippen molar-refractivity contribution < 1.29 is 4.42 Å². The van der Waals surface area contributed by atoms with Crippen molar-refractivity contribution in [2.75, 3.05) is 5.32 Å². The summed E-state index contributed by atoms with van der Waals surface area (Å²) in [6.45, 7) is 4.01. The standard InChI is InChI=1S/C13H14ClNO/c1-9-3-8-13(16-9)10(2)15-12-6-4-11(14)5-7-12/h3-8,10,15H,1-2H3. The van der Waals surface area contributed by atoms with E-state index in [1.807, 2.05) is 43.3 Å². The molecule has 0 saturated heterocycles. The highest BCUT2D eigenvalue weighted by Gasteiger charge is 2.08. The van der Waals surface area contributed by atoms with E-state index in [2.05, 4.69) is 12.2 Å². The fourth-order valence-electron chi connectivity index (χ4n) is 1.55. The molecule has 0 aliphatic rings. The van der Waals surface area contributed by atoms with Crippen LogP contribution in [-0.2, 0) is 0 Å². The van der Waals surface area contributed by atoms with Crippen LogP contribution >= 0.6 is 11.6 Å². The molecule has 0 spiro atoms. The first-order valence-electron chi connectivity index (χ1n) is 5.23. The van der Waals surface area contributed by atoms with Gasteiger partial charge in [0, 0.05) is 10.7 Å². The average molecular weight is 236 g/mol. The summed E-state index contributed by atoms with van der Waals surface area (Å²) in [5.41, 5.74) is 1.03. The molecule has 1 unspecified atom stereocenters. The highest BCUT2D eigenvalue weighted by atomic mass is 35.5. The molecule has 84 valence electrons. The van der Waals surface area contributed by atoms with Gasteiger partial charge in [-0.05, 0) is 50.2 Å². The van der Waals surface area contributed by atoms with E-state index in [0.29, 0.717) is 0 Å². The fourth-order valence-corrected chi connectivity index (χ4v) is 1.68. The summed E-state index contributed by atoms with van der Waals surface area (Å²) < 4.78 is 5.55. The third kappa shape index (κ3) is 2.58. The van der Waals surface area contributed by atoms with Crippen LogP contribution in [0.1, 0.15) is 24.5 Å². The van der Waals surface area contributed by atoms with Crippen molar-refractivity contribution in [1.29, 1.82) is 0 Å². The Morgan fingerprint density at radius 3 is 2.38 bits per heavy atom. The van der Waals surface area contributed by atoms with Crippen molar-refractivity contribution in [1.82, 2.24) is 0 Å². The molecule has 3 heteroatoms. The summed E-state index contributed by atoms with van der Waals surface area (Å²) in [7, 11) is 0. The Labute approximate surface area is 100 Å². The van der Waals surface area contributed by atoms with Gasteiger partial charge in [-0.15, -0.1) is 0 Å². The van der Waals surface area contributed by atoms with Gasteiger partial charge in [0.2, 0.25) is 0 Å². The van der Waals surface area contributed by atoms with Crippen LogP contribution in [0.3, 0.4) is 0 Å². The lowest BCUT2D eigenvalue weighted by Gasteiger charge is -2.12. The molecule has 2 rings (SSSR count). The summed E-state index contributed by atoms with van der Waals surface area (Å²) in [5, 5.41) is 4.09. The number of furan rings is 1. The van der Waals surface area contributed by atoms with E-state index in [1.165, 1.54) is 0 Å². The summed E-state index contributed by atoms with van der Waals surface area (Å²) in [4.78, 5) is 0. The molecule has 0 amide bonds. The van der Waals surface area contributed by atoms with Crippen molar-refractivity contribution in [3.63, 3.8) is 0 Å². The van der Waals surface area contributed by atoms with Crippen molar-refractivity contribution >= 4 is 17.3 Å². The Kier molecular flexibility index (Phi) is 3.20. The monoisotopic (exact) mass is 235 g/mol. The topological polar surface area (TPSA) is 25.2 Å². The van der Waals surface area contributed by atoms with Crippen LogP contribution in [0.25, 0.3) is 0 Å². The van der Waals surface area contributed by atoms with Crippen LogP contribution in [0.5, 0.6) is 0 Å². The van der Waals surface area contributed by atoms with Crippen LogP contribution in [0.4, 0.5) is 5.69 Å². The van der Waals surface area contributed by atoms with E-state index in [-0.39, 0.29) is 6.04 Å². The van der Waals surface area contributed by atoms with E-state index >= 15 is 0 Å². The Bertz CT molecular complexity index is 461. The molecule has 0 fully saturated rings. The smallest absolute Gasteiger partial charge is 0.126 e. The Morgan fingerprint density at radius 2 is 1.81 bits per heavy atom. The van der Waals surface area contributed by atoms with E-state index in [1.54, 1.807) is 0 Å². The maximum atomic E-state index is 5.82. The van der Waals surface area contributed by atoms with Gasteiger partial charge in [-0.2, -0.15) is 0 Å². The molecule has 2 nitrogen and oxygen atoms in total. The molecule has 1 aromatic heterocycles. The van der Waals surface area contributed by atoms with E-state index in [0.717, 1.165) is 22.2 Å². The number of hydrogen-bond donors (Lipinski definition) is 1. The minimum atomic E-state index is 0.148. The molecule has 0 radical (unpaired) electrons. The van der Waals surface area contributed by atoms with E-state index in [4.69, 9.17) is 16.0 Å². The van der Waals surface area contributed by atoms with Gasteiger partial charge in [0.1, 0.15) is 11.5 Å². The van der Waals surface area contributed by atoms with Crippen molar-refractivity contribution in [3.05, 3.63) is 52.9 Å². The van der Waals surface area contributed by atoms with Crippen molar-refractivity contribution in [2.45, 2.75) is 19.9 Å². The largest absolute Gasteiger partial charge is 0.464 e. The summed E-state index contributed by atoms with van der Waals surface area (Å²) in [6.07, 6.45) is 0. The average Bonchev–Trinajstić information content (AvgIpc) is 2.68. The zero-order valence-corrected chi connectivity index (χ0v) is 10.1. The predicted octanol–water partition coefficient (Wildman–Crippen LogP) is 4.41. The second-order valence-electron chi connectivity index (χ2n) is 3.82. The third-order valence-electron chi connectivity index (χ3n) is 2.42. The van der Waals surface area contributed by atoms with Crippen LogP contribution in [0.2, 0.25) is 5.02 Å². The predicted molar refractivity (Wildman–Crippen MR) is 66.9 cm³/mol. The Balaban J connectivity index is 2.07. The van der Waals surface area contributed by atoms with Crippen LogP contribution in [0.15, 0.2) is 40.8 Å². The number of halogens is 1. The SMILES string of the molecule is Cc1ccc(C(C)Nc2ccc(Cl)cc2)o1. The second-order valence-corrected chi connectivity index (χ2v) is 4.26. The first-order valence-corrected chi connectivity index (χ1v) is 5.61. The number of anilines is 1. The summed E-state index contributed by atoms with van der Waals surface area (Å²) in [6, 6.07) is 11.7. The molecule has 0 aliphatic carbocycles. The molecule has 0 saturated carbocycles. The van der Waals surface area contributed by atoms with Gasteiger partial charge in [-0.3, -0.25) is 0 Å². The maximum Gasteiger partial charge on any atom is 0.126 e. The van der Waals surface area contributed by atoms with Crippen LogP contribution in [-0.4, -0.2) is 0 Å². The van der Waals surface area contributed by atoms with Crippen LogP contribution < -0.4 is 5.32 Å². The van der Waals surface area contributed by atoms with Gasteiger partial charge in [-0.1, -0.05) is 11.6 Å². The molecule has 0 bridgehead atoms. The van der Waals surface area contributed by atoms with Crippen LogP contribution in [0, 0.1) is 6.92 Å². The van der Waals surface area contributed by atoms with Gasteiger partial charge in [0.05, 0.1) is 6.04 Å². The Morgan fingerprint density at radius 1 is 1.12 bits per heavy atom. The quantitative estimate of drug-likeness (QED) is 0.852. The maximum absolute atomic E-state index is 5.82. The first kappa shape index (κ1) is 11.1. The molecular formula is C13H14ClNO. The number of aryl methyl sites for hydroxylation is 1. The molecule has 1 atom stereocenters. The molecular weight excluding hydrogens is 222 g/mol. The third-order valence-corrected chi connectivity index (χ3v) is 2.67. The second kappa shape index (κ2) is 4.62. The normalized spacial score (nSPS) is 12.4. The summed E-state index contributed by atoms with van der Waals surface area (Å²) >= 11 is 5.82. The molecule has 2 aromatic rings. The molecule has 1 aromatic carbocycles. The Hall–Kier alpha value is -1.41. The lowest BCUT2D eigenvalue weighted by Crippen LogP contribution is -2.05. The van der Waals surface area contributed by atoms with Gasteiger partial charge in [-0.25, -0.2) is 0 Å². The highest BCUT2D eigenvalue weighted by Crippen LogP contribution is 2.22. The number of benzene rings is 1. The first-order chi connectivity index (χ1) is 7.65. The molecule has 1 heterocycles. The van der Waals surface area contributed by atoms with Crippen molar-refractivity contribution in [2.24, 2.45) is 0 Å². The molecule has 0 aliphatic heterocycles. The molecule has 1 N–H and O–H groups in total. The number of hydrogen-bond acceptors (Lipinski definition) is 2. The van der Waals surface area contributed by atoms with E-state index in [9.17, 15) is 0 Å². The van der Waals surface area contributed by atoms with Gasteiger partial charge in [0.15, 0.2) is 0 Å². The minimum absolute atomic E-state index is 0.148. The van der Waals surface area contributed by atoms with Gasteiger partial charge < -0.3 is 9.73 Å². The van der Waals surface area contributed by atoms with E-state index < -0.39 is 0 Å². The zero-order chi connectivity index (χ0) is 11.5.